The second-order valence-electron chi connectivity index (χ2n) is 8.80. The number of hydrogen-bond donors (Lipinski definition) is 2. The molecular formula is C20H23N3O5S. The average molecular weight is 417 g/mol. The highest BCUT2D eigenvalue weighted by atomic mass is 32.1. The number of aliphatic hydroxyl groups is 1. The van der Waals surface area contributed by atoms with E-state index in [9.17, 15) is 24.6 Å². The van der Waals surface area contributed by atoms with Crippen LogP contribution in [0.25, 0.3) is 10.4 Å². The first-order valence-electron chi connectivity index (χ1n) is 9.45. The van der Waals surface area contributed by atoms with Crippen LogP contribution in [0.2, 0.25) is 0 Å². The van der Waals surface area contributed by atoms with Gasteiger partial charge in [0.1, 0.15) is 22.5 Å². The highest BCUT2D eigenvalue weighted by molar-refractivity contribution is 7.18. The number of thiazole rings is 1. The first-order chi connectivity index (χ1) is 13.4. The van der Waals surface area contributed by atoms with Gasteiger partial charge in [-0.25, -0.2) is 9.78 Å². The zero-order chi connectivity index (χ0) is 21.4. The number of carbonyl (C=O) groups is 3. The molecule has 2 aromatic heterocycles. The maximum Gasteiger partial charge on any atom is 0.352 e. The fraction of sp³-hybridized carbons (Fsp3) is 0.500. The molecule has 2 aliphatic heterocycles. The molecule has 0 unspecified atom stereocenters. The number of Topliss-reactive ketones (excluding diaryl/α,β-unsaturated/α-hetero) is 1. The fourth-order valence-corrected chi connectivity index (χ4v) is 5.54. The zero-order valence-corrected chi connectivity index (χ0v) is 17.6. The van der Waals surface area contributed by atoms with E-state index in [0.717, 1.165) is 0 Å². The molecule has 154 valence electrons. The number of imidazole rings is 1. The number of hydrogen-bond acceptors (Lipinski definition) is 6. The minimum atomic E-state index is -1.17. The Morgan fingerprint density at radius 1 is 1.31 bits per heavy atom. The molecule has 1 saturated heterocycles. The standard InChI is InChI=1S/C20H23N3O5S/c1-8-11(15(19(27)28)23-14(8)12(9(2)24)17(23)26)10-6-22-7-21-13(18(22)29-10)16(25)20(3,4)5/h6-9,12,14,24H,1-5H3,(H,27,28)/t8-,9+,12+,14+/m0/s1. The van der Waals surface area contributed by atoms with Crippen molar-refractivity contribution in [3.05, 3.63) is 28.8 Å². The van der Waals surface area contributed by atoms with E-state index in [1.54, 1.807) is 23.8 Å². The van der Waals surface area contributed by atoms with Crippen molar-refractivity contribution in [2.24, 2.45) is 17.3 Å². The molecule has 1 fully saturated rings. The number of carbonyl (C=O) groups excluding carboxylic acids is 2. The van der Waals surface area contributed by atoms with E-state index in [1.807, 2.05) is 27.7 Å². The Balaban J connectivity index is 1.83. The number of aliphatic hydroxyl groups excluding tert-OH is 1. The molecule has 2 aliphatic rings. The molecule has 4 rings (SSSR count). The van der Waals surface area contributed by atoms with E-state index in [0.29, 0.717) is 21.0 Å². The van der Waals surface area contributed by atoms with Crippen molar-refractivity contribution in [2.45, 2.75) is 46.8 Å². The summed E-state index contributed by atoms with van der Waals surface area (Å²) in [6, 6.07) is -0.376. The Bertz CT molecular complexity index is 1090. The van der Waals surface area contributed by atoms with Gasteiger partial charge < -0.3 is 15.1 Å². The van der Waals surface area contributed by atoms with Crippen LogP contribution in [0.1, 0.15) is 50.0 Å². The molecule has 4 atom stereocenters. The molecule has 0 saturated carbocycles. The molecule has 1 amide bonds. The number of aliphatic carboxylic acids is 1. The molecule has 0 aliphatic carbocycles. The highest BCUT2D eigenvalue weighted by Crippen LogP contribution is 2.51. The number of amides is 1. The Kier molecular flexibility index (Phi) is 4.25. The van der Waals surface area contributed by atoms with Gasteiger partial charge in [0.25, 0.3) is 0 Å². The number of β-lactam (4-membered cyclic amide) rings is 1. The van der Waals surface area contributed by atoms with Gasteiger partial charge in [0, 0.05) is 23.1 Å². The van der Waals surface area contributed by atoms with E-state index in [2.05, 4.69) is 4.98 Å². The lowest BCUT2D eigenvalue weighted by atomic mass is 9.77. The molecule has 2 aromatic rings. The van der Waals surface area contributed by atoms with E-state index >= 15 is 0 Å². The van der Waals surface area contributed by atoms with Crippen molar-refractivity contribution in [3.8, 4) is 0 Å². The van der Waals surface area contributed by atoms with Crippen LogP contribution in [0.3, 0.4) is 0 Å². The van der Waals surface area contributed by atoms with Crippen molar-refractivity contribution in [1.82, 2.24) is 14.3 Å². The predicted molar refractivity (Wildman–Crippen MR) is 106 cm³/mol. The van der Waals surface area contributed by atoms with Gasteiger partial charge in [-0.2, -0.15) is 0 Å². The monoisotopic (exact) mass is 417 g/mol. The second-order valence-corrected chi connectivity index (χ2v) is 9.83. The topological polar surface area (TPSA) is 112 Å². The van der Waals surface area contributed by atoms with Crippen LogP contribution in [-0.2, 0) is 9.59 Å². The normalized spacial score (nSPS) is 25.4. The number of ketones is 1. The summed E-state index contributed by atoms with van der Waals surface area (Å²) >= 11 is 1.30. The van der Waals surface area contributed by atoms with Crippen molar-refractivity contribution < 1.29 is 24.6 Å². The van der Waals surface area contributed by atoms with Gasteiger partial charge in [-0.1, -0.05) is 27.7 Å². The van der Waals surface area contributed by atoms with Crippen LogP contribution < -0.4 is 0 Å². The number of rotatable bonds is 4. The number of nitrogens with zero attached hydrogens (tertiary/aromatic N) is 3. The maximum absolute atomic E-state index is 12.7. The second kappa shape index (κ2) is 6.24. The van der Waals surface area contributed by atoms with E-state index < -0.39 is 23.4 Å². The first-order valence-corrected chi connectivity index (χ1v) is 10.3. The third-order valence-electron chi connectivity index (χ3n) is 5.75. The molecule has 29 heavy (non-hydrogen) atoms. The minimum Gasteiger partial charge on any atom is -0.477 e. The molecule has 0 bridgehead atoms. The van der Waals surface area contributed by atoms with Gasteiger partial charge in [-0.05, 0) is 6.92 Å². The first kappa shape index (κ1) is 19.8. The van der Waals surface area contributed by atoms with Crippen LogP contribution in [0, 0.1) is 17.3 Å². The Labute approximate surface area is 171 Å². The number of fused-ring (bicyclic) bond motifs is 2. The van der Waals surface area contributed by atoms with Crippen molar-refractivity contribution in [2.75, 3.05) is 0 Å². The lowest BCUT2D eigenvalue weighted by Gasteiger charge is -2.46. The van der Waals surface area contributed by atoms with Gasteiger partial charge in [-0.3, -0.25) is 14.0 Å². The summed E-state index contributed by atoms with van der Waals surface area (Å²) in [5.41, 5.74) is 0.290. The maximum atomic E-state index is 12.7. The summed E-state index contributed by atoms with van der Waals surface area (Å²) in [7, 11) is 0. The fourth-order valence-electron chi connectivity index (χ4n) is 4.33. The molecule has 0 spiro atoms. The summed E-state index contributed by atoms with van der Waals surface area (Å²) in [6.45, 7) is 8.90. The molecule has 4 heterocycles. The Morgan fingerprint density at radius 2 is 1.97 bits per heavy atom. The third kappa shape index (κ3) is 2.67. The molecule has 8 nitrogen and oxygen atoms in total. The van der Waals surface area contributed by atoms with Crippen LogP contribution in [0.4, 0.5) is 0 Å². The molecule has 0 radical (unpaired) electrons. The largest absolute Gasteiger partial charge is 0.477 e. The Morgan fingerprint density at radius 3 is 2.52 bits per heavy atom. The lowest BCUT2D eigenvalue weighted by Crippen LogP contribution is -2.63. The molecule has 0 aromatic carbocycles. The van der Waals surface area contributed by atoms with Crippen molar-refractivity contribution in [3.63, 3.8) is 0 Å². The predicted octanol–water partition coefficient (Wildman–Crippen LogP) is 2.28. The van der Waals surface area contributed by atoms with Crippen molar-refractivity contribution in [1.29, 1.82) is 0 Å². The SMILES string of the molecule is C[C@@H](O)[C@H]1C(=O)N2C(C(=O)O)=C(c3cn4cnc(C(=O)C(C)(C)C)c4s3)[C@H](C)[C@H]12. The van der Waals surface area contributed by atoms with Crippen LogP contribution in [0.15, 0.2) is 18.2 Å². The minimum absolute atomic E-state index is 0.0365. The van der Waals surface area contributed by atoms with Crippen LogP contribution in [-0.4, -0.2) is 54.3 Å². The van der Waals surface area contributed by atoms with Gasteiger partial charge in [0.15, 0.2) is 5.78 Å². The summed E-state index contributed by atoms with van der Waals surface area (Å²) < 4.78 is 1.72. The van der Waals surface area contributed by atoms with Crippen molar-refractivity contribution >= 4 is 39.4 Å². The van der Waals surface area contributed by atoms with E-state index in [4.69, 9.17) is 0 Å². The Hall–Kier alpha value is -2.52. The highest BCUT2D eigenvalue weighted by Gasteiger charge is 2.60. The third-order valence-corrected chi connectivity index (χ3v) is 6.89. The summed E-state index contributed by atoms with van der Waals surface area (Å²) in [5.74, 6) is -2.49. The smallest absolute Gasteiger partial charge is 0.352 e. The van der Waals surface area contributed by atoms with Gasteiger partial charge in [0.2, 0.25) is 5.91 Å². The van der Waals surface area contributed by atoms with Crippen LogP contribution in [0.5, 0.6) is 0 Å². The summed E-state index contributed by atoms with van der Waals surface area (Å²) in [5, 5.41) is 19.8. The summed E-state index contributed by atoms with van der Waals surface area (Å²) in [6.07, 6.45) is 2.46. The number of carboxylic acid groups (broad SMARTS) is 1. The van der Waals surface area contributed by atoms with E-state index in [-0.39, 0.29) is 29.3 Å². The van der Waals surface area contributed by atoms with Gasteiger partial charge >= 0.3 is 5.97 Å². The van der Waals surface area contributed by atoms with Crippen LogP contribution >= 0.6 is 11.3 Å². The molecule has 9 heteroatoms. The summed E-state index contributed by atoms with van der Waals surface area (Å²) in [4.78, 5) is 44.1. The molecule has 2 N–H and O–H groups in total. The number of aromatic nitrogens is 2. The molecular weight excluding hydrogens is 394 g/mol. The number of carboxylic acids is 1. The average Bonchev–Trinajstić information content (AvgIpc) is 3.22. The lowest BCUT2D eigenvalue weighted by molar-refractivity contribution is -0.163. The van der Waals surface area contributed by atoms with E-state index in [1.165, 1.54) is 16.2 Å². The quantitative estimate of drug-likeness (QED) is 0.583. The van der Waals surface area contributed by atoms with Gasteiger partial charge in [0.05, 0.1) is 22.9 Å². The van der Waals surface area contributed by atoms with Gasteiger partial charge in [-0.15, -0.1) is 11.3 Å². The zero-order valence-electron chi connectivity index (χ0n) is 16.8.